The topological polar surface area (TPSA) is 55.2 Å². The first kappa shape index (κ1) is 23.4. The average Bonchev–Trinajstić information content (AvgIpc) is 3.32. The zero-order valence-electron chi connectivity index (χ0n) is 20.0. The van der Waals surface area contributed by atoms with Crippen molar-refractivity contribution in [1.29, 1.82) is 0 Å². The average molecular weight is 494 g/mol. The molecule has 2 unspecified atom stereocenters. The number of fused-ring (bicyclic) bond motifs is 3. The first-order chi connectivity index (χ1) is 16.2. The highest BCUT2D eigenvalue weighted by molar-refractivity contribution is 7.99. The van der Waals surface area contributed by atoms with Gasteiger partial charge in [-0.2, -0.15) is 0 Å². The van der Waals surface area contributed by atoms with Gasteiger partial charge in [0, 0.05) is 30.1 Å². The van der Waals surface area contributed by atoms with E-state index in [4.69, 9.17) is 4.98 Å². The van der Waals surface area contributed by atoms with Crippen LogP contribution in [0, 0.1) is 10.8 Å². The van der Waals surface area contributed by atoms with Crippen molar-refractivity contribution < 1.29 is 4.79 Å². The van der Waals surface area contributed by atoms with Crippen molar-refractivity contribution in [3.05, 3.63) is 58.7 Å². The molecule has 0 radical (unpaired) electrons. The monoisotopic (exact) mass is 493 g/mol. The molecule has 5 rings (SSSR count). The molecule has 3 heterocycles. The van der Waals surface area contributed by atoms with E-state index in [-0.39, 0.29) is 22.3 Å². The van der Waals surface area contributed by atoms with E-state index in [0.29, 0.717) is 33.7 Å². The van der Waals surface area contributed by atoms with E-state index in [0.717, 1.165) is 36.9 Å². The van der Waals surface area contributed by atoms with Gasteiger partial charge in [0.2, 0.25) is 5.91 Å². The van der Waals surface area contributed by atoms with Gasteiger partial charge < -0.3 is 4.90 Å². The molecule has 3 aromatic rings. The van der Waals surface area contributed by atoms with Gasteiger partial charge in [0.25, 0.3) is 5.56 Å². The molecule has 7 heteroatoms. The lowest BCUT2D eigenvalue weighted by Gasteiger charge is -2.39. The third kappa shape index (κ3) is 4.24. The Balaban J connectivity index is 1.42. The van der Waals surface area contributed by atoms with E-state index in [1.165, 1.54) is 23.1 Å². The molecular formula is C27H31N3O2S2. The van der Waals surface area contributed by atoms with Crippen LogP contribution in [0.15, 0.2) is 58.3 Å². The van der Waals surface area contributed by atoms with Crippen molar-refractivity contribution in [1.82, 2.24) is 14.5 Å². The highest BCUT2D eigenvalue weighted by Gasteiger charge is 2.50. The number of hydrogen-bond acceptors (Lipinski definition) is 5. The van der Waals surface area contributed by atoms with Crippen LogP contribution in [0.1, 0.15) is 40.0 Å². The number of allylic oxidation sites excluding steroid dienone is 1. The fourth-order valence-corrected chi connectivity index (χ4v) is 8.08. The predicted octanol–water partition coefficient (Wildman–Crippen LogP) is 5.83. The van der Waals surface area contributed by atoms with Gasteiger partial charge in [-0.25, -0.2) is 4.98 Å². The van der Waals surface area contributed by atoms with Gasteiger partial charge in [-0.15, -0.1) is 17.9 Å². The van der Waals surface area contributed by atoms with Gasteiger partial charge in [-0.05, 0) is 35.7 Å². The maximum Gasteiger partial charge on any atom is 0.263 e. The van der Waals surface area contributed by atoms with Crippen molar-refractivity contribution in [2.45, 2.75) is 57.8 Å². The molecule has 2 atom stereocenters. The molecular weight excluding hydrogens is 462 g/mol. The first-order valence-electron chi connectivity index (χ1n) is 11.8. The lowest BCUT2D eigenvalue weighted by molar-refractivity contribution is -0.129. The zero-order chi connectivity index (χ0) is 24.1. The molecule has 2 bridgehead atoms. The fourth-order valence-electron chi connectivity index (χ4n) is 6.20. The SMILES string of the molecule is C=CCn1c(SCC(=O)N2CC3(C)CC2CC(C)(C)C3)nc2scc(-c3ccccc3)c2c1=O. The highest BCUT2D eigenvalue weighted by atomic mass is 32.2. The maximum absolute atomic E-state index is 13.5. The van der Waals surface area contributed by atoms with Crippen LogP contribution in [0.2, 0.25) is 0 Å². The second-order valence-corrected chi connectivity index (χ2v) is 12.6. The summed E-state index contributed by atoms with van der Waals surface area (Å²) in [7, 11) is 0. The normalized spacial score (nSPS) is 23.4. The van der Waals surface area contributed by atoms with Crippen molar-refractivity contribution in [2.24, 2.45) is 10.8 Å². The molecule has 1 aliphatic carbocycles. The molecule has 2 aliphatic rings. The summed E-state index contributed by atoms with van der Waals surface area (Å²) in [5.74, 6) is 0.436. The van der Waals surface area contributed by atoms with Crippen LogP contribution in [0.5, 0.6) is 0 Å². The second kappa shape index (κ2) is 8.68. The van der Waals surface area contributed by atoms with Gasteiger partial charge in [-0.1, -0.05) is 68.9 Å². The van der Waals surface area contributed by atoms with E-state index in [2.05, 4.69) is 32.3 Å². The van der Waals surface area contributed by atoms with Crippen LogP contribution in [0.4, 0.5) is 0 Å². The second-order valence-electron chi connectivity index (χ2n) is 10.8. The Morgan fingerprint density at radius 3 is 2.76 bits per heavy atom. The number of benzene rings is 1. The highest BCUT2D eigenvalue weighted by Crippen LogP contribution is 2.52. The summed E-state index contributed by atoms with van der Waals surface area (Å²) in [6.07, 6.45) is 5.02. The number of aromatic nitrogens is 2. The van der Waals surface area contributed by atoms with Gasteiger partial charge in [0.05, 0.1) is 11.1 Å². The Bertz CT molecular complexity index is 1310. The summed E-state index contributed by atoms with van der Waals surface area (Å²) < 4.78 is 1.65. The summed E-state index contributed by atoms with van der Waals surface area (Å²) in [5.41, 5.74) is 2.31. The number of thioether (sulfide) groups is 1. The van der Waals surface area contributed by atoms with Crippen LogP contribution < -0.4 is 5.56 Å². The molecule has 0 N–H and O–H groups in total. The molecule has 5 nitrogen and oxygen atoms in total. The number of carbonyl (C=O) groups is 1. The molecule has 1 saturated carbocycles. The molecule has 34 heavy (non-hydrogen) atoms. The van der Waals surface area contributed by atoms with Crippen LogP contribution in [0.3, 0.4) is 0 Å². The van der Waals surface area contributed by atoms with Gasteiger partial charge >= 0.3 is 0 Å². The minimum Gasteiger partial charge on any atom is -0.338 e. The van der Waals surface area contributed by atoms with Gasteiger partial charge in [-0.3, -0.25) is 14.2 Å². The Labute approximate surface area is 208 Å². The largest absolute Gasteiger partial charge is 0.338 e. The molecule has 178 valence electrons. The third-order valence-electron chi connectivity index (χ3n) is 7.12. The first-order valence-corrected chi connectivity index (χ1v) is 13.7. The van der Waals surface area contributed by atoms with Crippen molar-refractivity contribution >= 4 is 39.2 Å². The number of rotatable bonds is 6. The predicted molar refractivity (Wildman–Crippen MR) is 141 cm³/mol. The number of thiophene rings is 1. The number of likely N-dealkylation sites (tertiary alicyclic amines) is 1. The van der Waals surface area contributed by atoms with E-state index < -0.39 is 0 Å². The molecule has 2 aromatic heterocycles. The van der Waals surface area contributed by atoms with Crippen LogP contribution >= 0.6 is 23.1 Å². The van der Waals surface area contributed by atoms with Gasteiger partial charge in [0.1, 0.15) is 4.83 Å². The summed E-state index contributed by atoms with van der Waals surface area (Å²) >= 11 is 2.84. The summed E-state index contributed by atoms with van der Waals surface area (Å²) in [6.45, 7) is 12.0. The summed E-state index contributed by atoms with van der Waals surface area (Å²) in [6, 6.07) is 10.2. The van der Waals surface area contributed by atoms with E-state index in [9.17, 15) is 9.59 Å². The summed E-state index contributed by atoms with van der Waals surface area (Å²) in [5, 5.41) is 3.22. The number of amides is 1. The van der Waals surface area contributed by atoms with Crippen molar-refractivity contribution in [2.75, 3.05) is 12.3 Å². The van der Waals surface area contributed by atoms with Crippen molar-refractivity contribution in [3.8, 4) is 11.1 Å². The smallest absolute Gasteiger partial charge is 0.263 e. The molecule has 1 amide bonds. The third-order valence-corrected chi connectivity index (χ3v) is 8.95. The lowest BCUT2D eigenvalue weighted by atomic mass is 9.65. The number of nitrogens with zero attached hydrogens (tertiary/aromatic N) is 3. The van der Waals surface area contributed by atoms with Gasteiger partial charge in [0.15, 0.2) is 5.16 Å². The Morgan fingerprint density at radius 1 is 1.26 bits per heavy atom. The van der Waals surface area contributed by atoms with Crippen LogP contribution in [-0.2, 0) is 11.3 Å². The molecule has 1 saturated heterocycles. The fraction of sp³-hybridized carbons (Fsp3) is 0.444. The Hall–Kier alpha value is -2.38. The van der Waals surface area contributed by atoms with Crippen LogP contribution in [0.25, 0.3) is 21.3 Å². The standard InChI is InChI=1S/C27H31N3O2S2/c1-5-11-29-24(32)22-20(18-9-7-6-8-10-18)14-33-23(22)28-25(29)34-15-21(31)30-17-27(4)13-19(30)12-26(2,3)16-27/h5-10,14,19H,1,11-13,15-17H2,2-4H3. The van der Waals surface area contributed by atoms with Crippen molar-refractivity contribution in [3.63, 3.8) is 0 Å². The number of carbonyl (C=O) groups excluding carboxylic acids is 1. The quantitative estimate of drug-likeness (QED) is 0.246. The Morgan fingerprint density at radius 2 is 2.03 bits per heavy atom. The summed E-state index contributed by atoms with van der Waals surface area (Å²) in [4.78, 5) is 34.5. The minimum absolute atomic E-state index is 0.0776. The molecule has 2 fully saturated rings. The zero-order valence-corrected chi connectivity index (χ0v) is 21.7. The van der Waals surface area contributed by atoms with E-state index >= 15 is 0 Å². The molecule has 1 aromatic carbocycles. The minimum atomic E-state index is -0.0776. The van der Waals surface area contributed by atoms with Crippen LogP contribution in [-0.4, -0.2) is 38.7 Å². The maximum atomic E-state index is 13.5. The number of hydrogen-bond donors (Lipinski definition) is 0. The molecule has 1 aliphatic heterocycles. The Kier molecular flexibility index (Phi) is 5.97. The molecule has 0 spiro atoms. The van der Waals surface area contributed by atoms with E-state index in [1.54, 1.807) is 10.6 Å². The lowest BCUT2D eigenvalue weighted by Crippen LogP contribution is -2.38. The van der Waals surface area contributed by atoms with E-state index in [1.807, 2.05) is 35.7 Å².